The van der Waals surface area contributed by atoms with Gasteiger partial charge in [-0.05, 0) is 43.8 Å². The number of hydrogen-bond acceptors (Lipinski definition) is 6. The Morgan fingerprint density at radius 3 is 2.50 bits per heavy atom. The van der Waals surface area contributed by atoms with E-state index in [-0.39, 0.29) is 34.8 Å². The number of nitrogens with one attached hydrogen (secondary N) is 3. The van der Waals surface area contributed by atoms with Crippen LogP contribution >= 0.6 is 0 Å². The van der Waals surface area contributed by atoms with Crippen molar-refractivity contribution < 1.29 is 26.4 Å². The topological polar surface area (TPSA) is 103 Å². The van der Waals surface area contributed by atoms with Gasteiger partial charge in [-0.2, -0.15) is 13.2 Å². The zero-order valence-corrected chi connectivity index (χ0v) is 20.4. The molecule has 1 aliphatic heterocycles. The quantitative estimate of drug-likeness (QED) is 0.459. The SMILES string of the molecule is CN1CC(Nc2cc(C(F)(F)F)nc3ccccc23)C[C@H](NC(=O)c2cccc(NS(C)(=O)=O)c2)C1. The summed E-state index contributed by atoms with van der Waals surface area (Å²) < 4.78 is 65.6. The number of likely N-dealkylation sites (tertiary alicyclic amines) is 1. The standard InChI is InChI=1S/C24H26F3N5O3S/c1-32-13-17(28-21-12-22(24(25,26)27)30-20-9-4-3-8-19(20)21)11-18(14-32)29-23(33)15-6-5-7-16(10-15)31-36(2,34)35/h3-10,12,17-18,31H,11,13-14H2,1-2H3,(H,28,30)(H,29,33)/t17?,18-/m0/s1. The molecule has 3 aromatic rings. The Kier molecular flexibility index (Phi) is 7.10. The molecule has 0 bridgehead atoms. The lowest BCUT2D eigenvalue weighted by molar-refractivity contribution is -0.140. The number of carbonyl (C=O) groups is 1. The van der Waals surface area contributed by atoms with E-state index >= 15 is 0 Å². The highest BCUT2D eigenvalue weighted by Gasteiger charge is 2.34. The number of halogens is 3. The van der Waals surface area contributed by atoms with Crippen LogP contribution in [0.15, 0.2) is 54.6 Å². The molecule has 1 unspecified atom stereocenters. The number of likely N-dealkylation sites (N-methyl/N-ethyl adjacent to an activating group) is 1. The maximum Gasteiger partial charge on any atom is 0.433 e. The fourth-order valence-electron chi connectivity index (χ4n) is 4.40. The van der Waals surface area contributed by atoms with Gasteiger partial charge in [-0.15, -0.1) is 0 Å². The van der Waals surface area contributed by atoms with Gasteiger partial charge >= 0.3 is 6.18 Å². The molecule has 1 fully saturated rings. The van der Waals surface area contributed by atoms with Crippen molar-refractivity contribution in [1.82, 2.24) is 15.2 Å². The molecule has 2 atom stereocenters. The minimum absolute atomic E-state index is 0.237. The molecular formula is C24H26F3N5O3S. The van der Waals surface area contributed by atoms with Crippen LogP contribution in [0.3, 0.4) is 0 Å². The van der Waals surface area contributed by atoms with Gasteiger partial charge in [-0.3, -0.25) is 9.52 Å². The Morgan fingerprint density at radius 2 is 1.78 bits per heavy atom. The lowest BCUT2D eigenvalue weighted by Crippen LogP contribution is -2.53. The van der Waals surface area contributed by atoms with Gasteiger partial charge in [0.05, 0.1) is 11.8 Å². The first-order valence-electron chi connectivity index (χ1n) is 11.2. The normalized spacial score (nSPS) is 19.1. The van der Waals surface area contributed by atoms with Crippen LogP contribution in [0.5, 0.6) is 0 Å². The number of sulfonamides is 1. The van der Waals surface area contributed by atoms with Crippen LogP contribution in [-0.2, 0) is 16.2 Å². The summed E-state index contributed by atoms with van der Waals surface area (Å²) in [6, 6.07) is 13.3. The fourth-order valence-corrected chi connectivity index (χ4v) is 4.95. The van der Waals surface area contributed by atoms with Gasteiger partial charge < -0.3 is 15.5 Å². The Balaban J connectivity index is 1.51. The van der Waals surface area contributed by atoms with Crippen molar-refractivity contribution in [3.05, 3.63) is 65.9 Å². The molecule has 2 aromatic carbocycles. The van der Waals surface area contributed by atoms with Crippen molar-refractivity contribution >= 4 is 38.2 Å². The van der Waals surface area contributed by atoms with E-state index < -0.39 is 21.9 Å². The third-order valence-corrected chi connectivity index (χ3v) is 6.37. The van der Waals surface area contributed by atoms with E-state index in [9.17, 15) is 26.4 Å². The highest BCUT2D eigenvalue weighted by molar-refractivity contribution is 7.92. The van der Waals surface area contributed by atoms with Crippen LogP contribution < -0.4 is 15.4 Å². The van der Waals surface area contributed by atoms with Crippen LogP contribution in [0, 0.1) is 0 Å². The van der Waals surface area contributed by atoms with Crippen molar-refractivity contribution in [2.75, 3.05) is 36.4 Å². The Morgan fingerprint density at radius 1 is 1.06 bits per heavy atom. The number of amides is 1. The van der Waals surface area contributed by atoms with Crippen LogP contribution in [-0.4, -0.2) is 62.7 Å². The Bertz CT molecular complexity index is 1380. The summed E-state index contributed by atoms with van der Waals surface area (Å²) in [5.74, 6) is -0.375. The smallest absolute Gasteiger partial charge is 0.380 e. The lowest BCUT2D eigenvalue weighted by atomic mass is 9.99. The van der Waals surface area contributed by atoms with E-state index in [1.165, 1.54) is 6.07 Å². The molecule has 2 heterocycles. The van der Waals surface area contributed by atoms with Gasteiger partial charge in [-0.1, -0.05) is 24.3 Å². The summed E-state index contributed by atoms with van der Waals surface area (Å²) >= 11 is 0. The van der Waals surface area contributed by atoms with E-state index in [0.29, 0.717) is 30.6 Å². The minimum atomic E-state index is -4.58. The molecule has 0 saturated carbocycles. The van der Waals surface area contributed by atoms with E-state index in [1.807, 2.05) is 11.9 Å². The van der Waals surface area contributed by atoms with Crippen LogP contribution in [0.2, 0.25) is 0 Å². The van der Waals surface area contributed by atoms with Gasteiger partial charge in [0.2, 0.25) is 10.0 Å². The van der Waals surface area contributed by atoms with E-state index in [0.717, 1.165) is 12.3 Å². The Hall–Kier alpha value is -3.38. The van der Waals surface area contributed by atoms with Gasteiger partial charge in [0.1, 0.15) is 5.69 Å². The summed E-state index contributed by atoms with van der Waals surface area (Å²) in [4.78, 5) is 18.6. The van der Waals surface area contributed by atoms with E-state index in [2.05, 4.69) is 20.3 Å². The average molecular weight is 522 g/mol. The molecule has 1 aromatic heterocycles. The number of carbonyl (C=O) groups excluding carboxylic acids is 1. The first kappa shape index (κ1) is 25.7. The molecule has 0 aliphatic carbocycles. The Labute approximate surface area is 206 Å². The molecule has 3 N–H and O–H groups in total. The molecule has 12 heteroatoms. The van der Waals surface area contributed by atoms with Gasteiger partial charge in [-0.25, -0.2) is 13.4 Å². The molecule has 0 radical (unpaired) electrons. The zero-order valence-electron chi connectivity index (χ0n) is 19.6. The van der Waals surface area contributed by atoms with Gasteiger partial charge in [0.25, 0.3) is 5.91 Å². The number of pyridine rings is 1. The molecule has 192 valence electrons. The van der Waals surface area contributed by atoms with Gasteiger partial charge in [0.15, 0.2) is 0 Å². The average Bonchev–Trinajstić information content (AvgIpc) is 2.77. The largest absolute Gasteiger partial charge is 0.433 e. The third-order valence-electron chi connectivity index (χ3n) is 5.76. The molecule has 4 rings (SSSR count). The molecule has 8 nitrogen and oxygen atoms in total. The van der Waals surface area contributed by atoms with Crippen molar-refractivity contribution in [2.24, 2.45) is 0 Å². The number of hydrogen-bond donors (Lipinski definition) is 3. The third kappa shape index (κ3) is 6.43. The number of para-hydroxylation sites is 1. The zero-order chi connectivity index (χ0) is 26.1. The van der Waals surface area contributed by atoms with Crippen LogP contribution in [0.1, 0.15) is 22.5 Å². The number of piperidine rings is 1. The first-order chi connectivity index (χ1) is 16.9. The first-order valence-corrected chi connectivity index (χ1v) is 13.1. The molecule has 1 saturated heterocycles. The number of nitrogens with zero attached hydrogens (tertiary/aromatic N) is 2. The summed E-state index contributed by atoms with van der Waals surface area (Å²) in [6.45, 7) is 1.12. The minimum Gasteiger partial charge on any atom is -0.380 e. The van der Waals surface area contributed by atoms with Crippen molar-refractivity contribution in [3.8, 4) is 0 Å². The predicted molar refractivity (Wildman–Crippen MR) is 132 cm³/mol. The second-order valence-corrected chi connectivity index (χ2v) is 10.7. The summed E-state index contributed by atoms with van der Waals surface area (Å²) in [5.41, 5.74) is 0.163. The van der Waals surface area contributed by atoms with Crippen LogP contribution in [0.25, 0.3) is 10.9 Å². The second kappa shape index (κ2) is 9.94. The number of aromatic nitrogens is 1. The molecule has 1 aliphatic rings. The maximum atomic E-state index is 13.4. The number of anilines is 2. The molecular weight excluding hydrogens is 495 g/mol. The van der Waals surface area contributed by atoms with Crippen molar-refractivity contribution in [1.29, 1.82) is 0 Å². The van der Waals surface area contributed by atoms with E-state index in [4.69, 9.17) is 0 Å². The summed E-state index contributed by atoms with van der Waals surface area (Å²) in [7, 11) is -1.62. The molecule has 1 amide bonds. The number of benzene rings is 2. The van der Waals surface area contributed by atoms with E-state index in [1.54, 1.807) is 42.5 Å². The van der Waals surface area contributed by atoms with Crippen molar-refractivity contribution in [3.63, 3.8) is 0 Å². The van der Waals surface area contributed by atoms with Gasteiger partial charge in [0, 0.05) is 47.5 Å². The molecule has 36 heavy (non-hydrogen) atoms. The van der Waals surface area contributed by atoms with Crippen LogP contribution in [0.4, 0.5) is 24.5 Å². The summed E-state index contributed by atoms with van der Waals surface area (Å²) in [6.07, 6.45) is -3.08. The number of fused-ring (bicyclic) bond motifs is 1. The summed E-state index contributed by atoms with van der Waals surface area (Å²) in [5, 5.41) is 6.77. The fraction of sp³-hybridized carbons (Fsp3) is 0.333. The number of alkyl halides is 3. The second-order valence-electron chi connectivity index (χ2n) is 8.99. The lowest BCUT2D eigenvalue weighted by Gasteiger charge is -2.37. The predicted octanol–water partition coefficient (Wildman–Crippen LogP) is 3.54. The maximum absolute atomic E-state index is 13.4. The highest BCUT2D eigenvalue weighted by atomic mass is 32.2. The number of rotatable bonds is 6. The molecule has 0 spiro atoms. The monoisotopic (exact) mass is 521 g/mol. The highest BCUT2D eigenvalue weighted by Crippen LogP contribution is 2.33. The van der Waals surface area contributed by atoms with Crippen molar-refractivity contribution in [2.45, 2.75) is 24.7 Å².